The van der Waals surface area contributed by atoms with Crippen LogP contribution in [-0.2, 0) is 0 Å². The van der Waals surface area contributed by atoms with E-state index in [-0.39, 0.29) is 17.6 Å². The van der Waals surface area contributed by atoms with Crippen LogP contribution in [0.5, 0.6) is 17.2 Å². The molecule has 0 aliphatic carbocycles. The molecule has 0 aliphatic heterocycles. The van der Waals surface area contributed by atoms with E-state index in [2.05, 4.69) is 48.5 Å². The molecule has 0 saturated heterocycles. The summed E-state index contributed by atoms with van der Waals surface area (Å²) in [5, 5.41) is 5.17. The van der Waals surface area contributed by atoms with Gasteiger partial charge in [0, 0.05) is 5.56 Å². The molecule has 1 aromatic heterocycles. The van der Waals surface area contributed by atoms with Crippen LogP contribution >= 0.6 is 22.6 Å². The van der Waals surface area contributed by atoms with E-state index in [1.165, 1.54) is 4.68 Å². The van der Waals surface area contributed by atoms with Crippen LogP contribution in [0.25, 0.3) is 22.3 Å². The standard InChI is InChI=1S/C31H34IN3O4/c1-8-20(5)39-29-25(32)14-21(15-28(29)38-7)17-33-35-30(34-26-12-10-9-11-22(26)31(35)36)24-16-23(18(2)3)27(37-6)13-19(24)4/h9-18,20H,8H2,1-7H3/t20-/m1/s1. The van der Waals surface area contributed by atoms with Crippen molar-refractivity contribution in [1.82, 2.24) is 9.66 Å². The van der Waals surface area contributed by atoms with Gasteiger partial charge in [-0.25, -0.2) is 4.98 Å². The Morgan fingerprint density at radius 2 is 1.77 bits per heavy atom. The largest absolute Gasteiger partial charge is 0.496 e. The maximum absolute atomic E-state index is 13.7. The molecule has 3 aromatic carbocycles. The van der Waals surface area contributed by atoms with E-state index in [1.807, 2.05) is 56.3 Å². The lowest BCUT2D eigenvalue weighted by atomic mass is 9.96. The number of benzene rings is 3. The first-order chi connectivity index (χ1) is 18.7. The lowest BCUT2D eigenvalue weighted by molar-refractivity contribution is 0.206. The third kappa shape index (κ3) is 5.95. The second-order valence-electron chi connectivity index (χ2n) is 9.75. The highest BCUT2D eigenvalue weighted by Gasteiger charge is 2.19. The van der Waals surface area contributed by atoms with Gasteiger partial charge in [-0.3, -0.25) is 4.79 Å². The number of hydrogen-bond acceptors (Lipinski definition) is 6. The van der Waals surface area contributed by atoms with Gasteiger partial charge in [-0.15, -0.1) is 0 Å². The fourth-order valence-electron chi connectivity index (χ4n) is 4.31. The smallest absolute Gasteiger partial charge is 0.282 e. The molecular weight excluding hydrogens is 605 g/mol. The fraction of sp³-hybridized carbons (Fsp3) is 0.323. The molecule has 0 fully saturated rings. The van der Waals surface area contributed by atoms with Gasteiger partial charge in [0.05, 0.1) is 41.0 Å². The van der Waals surface area contributed by atoms with Crippen LogP contribution in [-0.4, -0.2) is 36.2 Å². The number of aryl methyl sites for hydroxylation is 1. The molecule has 39 heavy (non-hydrogen) atoms. The van der Waals surface area contributed by atoms with Crippen LogP contribution in [0.15, 0.2) is 58.4 Å². The van der Waals surface area contributed by atoms with E-state index in [0.717, 1.165) is 38.0 Å². The highest BCUT2D eigenvalue weighted by Crippen LogP contribution is 2.36. The molecule has 204 valence electrons. The van der Waals surface area contributed by atoms with Crippen molar-refractivity contribution in [3.63, 3.8) is 0 Å². The number of rotatable bonds is 9. The number of nitrogens with zero attached hydrogens (tertiary/aromatic N) is 3. The third-order valence-corrected chi connectivity index (χ3v) is 7.46. The Bertz CT molecular complexity index is 1590. The summed E-state index contributed by atoms with van der Waals surface area (Å²) in [5.41, 5.74) is 3.94. The summed E-state index contributed by atoms with van der Waals surface area (Å²) in [7, 11) is 3.29. The predicted octanol–water partition coefficient (Wildman–Crippen LogP) is 7.18. The lowest BCUT2D eigenvalue weighted by Gasteiger charge is -2.18. The van der Waals surface area contributed by atoms with Crippen molar-refractivity contribution in [2.45, 2.75) is 53.1 Å². The zero-order valence-corrected chi connectivity index (χ0v) is 25.6. The van der Waals surface area contributed by atoms with E-state index in [9.17, 15) is 4.79 Å². The molecule has 4 rings (SSSR count). The molecule has 8 heteroatoms. The van der Waals surface area contributed by atoms with Crippen LogP contribution in [0.4, 0.5) is 0 Å². The number of aromatic nitrogens is 2. The van der Waals surface area contributed by atoms with Gasteiger partial charge in [0.1, 0.15) is 5.75 Å². The molecule has 1 atom stereocenters. The van der Waals surface area contributed by atoms with Crippen molar-refractivity contribution in [2.75, 3.05) is 14.2 Å². The van der Waals surface area contributed by atoms with Gasteiger partial charge in [-0.1, -0.05) is 32.9 Å². The second-order valence-corrected chi connectivity index (χ2v) is 10.9. The average Bonchev–Trinajstić information content (AvgIpc) is 2.93. The van der Waals surface area contributed by atoms with Crippen molar-refractivity contribution in [1.29, 1.82) is 0 Å². The maximum atomic E-state index is 13.7. The Kier molecular flexibility index (Phi) is 8.94. The number of halogens is 1. The van der Waals surface area contributed by atoms with Crippen molar-refractivity contribution >= 4 is 39.7 Å². The van der Waals surface area contributed by atoms with E-state index < -0.39 is 0 Å². The van der Waals surface area contributed by atoms with Gasteiger partial charge in [0.25, 0.3) is 5.56 Å². The van der Waals surface area contributed by atoms with Gasteiger partial charge in [-0.05, 0) is 102 Å². The van der Waals surface area contributed by atoms with E-state index in [4.69, 9.17) is 19.2 Å². The molecular formula is C31H34IN3O4. The summed E-state index contributed by atoms with van der Waals surface area (Å²) in [6, 6.07) is 15.2. The summed E-state index contributed by atoms with van der Waals surface area (Å²) in [6.45, 7) is 10.3. The molecule has 4 aromatic rings. The minimum Gasteiger partial charge on any atom is -0.496 e. The lowest BCUT2D eigenvalue weighted by Crippen LogP contribution is -2.21. The molecule has 0 saturated carbocycles. The van der Waals surface area contributed by atoms with Crippen LogP contribution in [0.2, 0.25) is 0 Å². The molecule has 0 spiro atoms. The van der Waals surface area contributed by atoms with E-state index in [1.54, 1.807) is 26.5 Å². The van der Waals surface area contributed by atoms with E-state index >= 15 is 0 Å². The van der Waals surface area contributed by atoms with Crippen LogP contribution < -0.4 is 19.8 Å². The second kappa shape index (κ2) is 12.2. The van der Waals surface area contributed by atoms with Gasteiger partial charge in [0.2, 0.25) is 0 Å². The van der Waals surface area contributed by atoms with Crippen molar-refractivity contribution < 1.29 is 14.2 Å². The number of para-hydroxylation sites is 1. The number of fused-ring (bicyclic) bond motifs is 1. The SMILES string of the molecule is CC[C@@H](C)Oc1c(I)cc(C=Nn2c(-c3cc(C(C)C)c(OC)cc3C)nc3ccccc3c2=O)cc1OC. The highest BCUT2D eigenvalue weighted by atomic mass is 127. The van der Waals surface area contributed by atoms with Gasteiger partial charge in [-0.2, -0.15) is 9.78 Å². The first kappa shape index (κ1) is 28.6. The third-order valence-electron chi connectivity index (χ3n) is 6.66. The van der Waals surface area contributed by atoms with Crippen molar-refractivity contribution in [3.8, 4) is 28.6 Å². The monoisotopic (exact) mass is 639 g/mol. The summed E-state index contributed by atoms with van der Waals surface area (Å²) in [4.78, 5) is 18.6. The number of hydrogen-bond donors (Lipinski definition) is 0. The topological polar surface area (TPSA) is 74.9 Å². The molecule has 0 N–H and O–H groups in total. The first-order valence-electron chi connectivity index (χ1n) is 13.0. The Hall–Kier alpha value is -3.40. The Balaban J connectivity index is 1.91. The van der Waals surface area contributed by atoms with Gasteiger partial charge in [0.15, 0.2) is 17.3 Å². The van der Waals surface area contributed by atoms with Crippen LogP contribution in [0, 0.1) is 10.5 Å². The quantitative estimate of drug-likeness (QED) is 0.143. The summed E-state index contributed by atoms with van der Waals surface area (Å²) >= 11 is 2.23. The van der Waals surface area contributed by atoms with Crippen molar-refractivity contribution in [2.24, 2.45) is 5.10 Å². The first-order valence-corrected chi connectivity index (χ1v) is 14.1. The zero-order chi connectivity index (χ0) is 28.3. The summed E-state index contributed by atoms with van der Waals surface area (Å²) in [5.74, 6) is 2.81. The Morgan fingerprint density at radius 3 is 2.44 bits per heavy atom. The molecule has 0 aliphatic rings. The minimum absolute atomic E-state index is 0.0557. The molecule has 7 nitrogen and oxygen atoms in total. The fourth-order valence-corrected chi connectivity index (χ4v) is 5.06. The zero-order valence-electron chi connectivity index (χ0n) is 23.4. The minimum atomic E-state index is -0.244. The van der Waals surface area contributed by atoms with Crippen LogP contribution in [0.3, 0.4) is 0 Å². The Labute approximate surface area is 243 Å². The highest BCUT2D eigenvalue weighted by molar-refractivity contribution is 14.1. The molecule has 0 radical (unpaired) electrons. The Morgan fingerprint density at radius 1 is 1.05 bits per heavy atom. The maximum Gasteiger partial charge on any atom is 0.282 e. The molecule has 0 unspecified atom stereocenters. The number of methoxy groups -OCH3 is 2. The average molecular weight is 640 g/mol. The van der Waals surface area contributed by atoms with Gasteiger partial charge >= 0.3 is 0 Å². The van der Waals surface area contributed by atoms with E-state index in [0.29, 0.717) is 28.2 Å². The summed E-state index contributed by atoms with van der Waals surface area (Å²) in [6.07, 6.45) is 2.59. The molecule has 0 bridgehead atoms. The van der Waals surface area contributed by atoms with Crippen molar-refractivity contribution in [3.05, 3.63) is 79.1 Å². The van der Waals surface area contributed by atoms with Crippen LogP contribution in [0.1, 0.15) is 56.7 Å². The summed E-state index contributed by atoms with van der Waals surface area (Å²) < 4.78 is 19.6. The molecule has 1 heterocycles. The molecule has 0 amide bonds. The van der Waals surface area contributed by atoms with Gasteiger partial charge < -0.3 is 14.2 Å². The normalized spacial score (nSPS) is 12.3. The number of ether oxygens (including phenoxy) is 3. The predicted molar refractivity (Wildman–Crippen MR) is 166 cm³/mol.